The number of carbonyl (C=O) groups is 5. The minimum atomic E-state index is -0.795. The van der Waals surface area contributed by atoms with Crippen LogP contribution in [0.1, 0.15) is 19.3 Å². The molecule has 5 amide bonds. The van der Waals surface area contributed by atoms with E-state index in [1.54, 1.807) is 0 Å². The summed E-state index contributed by atoms with van der Waals surface area (Å²) in [6, 6.07) is -0.795. The molecule has 1 atom stereocenters. The number of ether oxygens (including phenoxy) is 1. The molecule has 2 fully saturated rings. The molecule has 0 aromatic heterocycles. The van der Waals surface area contributed by atoms with Gasteiger partial charge in [0, 0.05) is 44.8 Å². The van der Waals surface area contributed by atoms with Crippen LogP contribution >= 0.6 is 0 Å². The summed E-state index contributed by atoms with van der Waals surface area (Å²) in [7, 11) is 0. The Morgan fingerprint density at radius 1 is 0.667 bits per heavy atom. The van der Waals surface area contributed by atoms with Crippen molar-refractivity contribution in [3.8, 4) is 0 Å². The standard InChI is InChI=1S/C16H25N5O6/c22-11-1-2-12(23)20-7-14(25)21-15(10-8-27-9-10)16(26)19-4-3-13(24)18-6-5-17-11/h10,15H,1-9H2,(H,17,22)(H,18,24)(H,19,26)(H,20,23)(H,21,25). The Morgan fingerprint density at radius 3 is 1.85 bits per heavy atom. The highest BCUT2D eigenvalue weighted by Crippen LogP contribution is 2.15. The number of nitrogens with one attached hydrogen (secondary N) is 5. The van der Waals surface area contributed by atoms with Crippen molar-refractivity contribution in [2.75, 3.05) is 39.4 Å². The highest BCUT2D eigenvalue weighted by atomic mass is 16.5. The van der Waals surface area contributed by atoms with E-state index in [0.717, 1.165) is 0 Å². The van der Waals surface area contributed by atoms with Gasteiger partial charge in [0.1, 0.15) is 6.04 Å². The normalized spacial score (nSPS) is 24.9. The Hall–Kier alpha value is -2.69. The number of hydrogen-bond acceptors (Lipinski definition) is 6. The van der Waals surface area contributed by atoms with E-state index in [4.69, 9.17) is 4.74 Å². The van der Waals surface area contributed by atoms with Crippen molar-refractivity contribution in [1.29, 1.82) is 0 Å². The lowest BCUT2D eigenvalue weighted by atomic mass is 9.97. The van der Waals surface area contributed by atoms with Crippen LogP contribution in [-0.4, -0.2) is 75.0 Å². The second-order valence-electron chi connectivity index (χ2n) is 6.36. The average molecular weight is 383 g/mol. The Bertz CT molecular complexity index is 592. The maximum absolute atomic E-state index is 12.3. The van der Waals surface area contributed by atoms with Gasteiger partial charge in [0.05, 0.1) is 19.8 Å². The Kier molecular flexibility index (Phi) is 7.99. The maximum atomic E-state index is 12.3. The summed E-state index contributed by atoms with van der Waals surface area (Å²) in [6.07, 6.45) is -0.00469. The van der Waals surface area contributed by atoms with Crippen LogP contribution in [0.4, 0.5) is 0 Å². The van der Waals surface area contributed by atoms with Gasteiger partial charge in [0.15, 0.2) is 0 Å². The molecule has 0 aliphatic carbocycles. The summed E-state index contributed by atoms with van der Waals surface area (Å²) in [5.41, 5.74) is 0. The second-order valence-corrected chi connectivity index (χ2v) is 6.36. The summed E-state index contributed by atoms with van der Waals surface area (Å²) in [5.74, 6) is -2.10. The van der Waals surface area contributed by atoms with E-state index in [-0.39, 0.29) is 63.2 Å². The smallest absolute Gasteiger partial charge is 0.243 e. The molecule has 2 heterocycles. The van der Waals surface area contributed by atoms with Crippen molar-refractivity contribution < 1.29 is 28.7 Å². The minimum absolute atomic E-state index is 0.0220. The topological polar surface area (TPSA) is 155 Å². The van der Waals surface area contributed by atoms with E-state index >= 15 is 0 Å². The van der Waals surface area contributed by atoms with Crippen molar-refractivity contribution in [3.63, 3.8) is 0 Å². The number of rotatable bonds is 1. The fourth-order valence-electron chi connectivity index (χ4n) is 2.55. The first-order valence-electron chi connectivity index (χ1n) is 8.90. The average Bonchev–Trinajstić information content (AvgIpc) is 2.59. The first-order valence-corrected chi connectivity index (χ1v) is 8.90. The van der Waals surface area contributed by atoms with E-state index in [1.165, 1.54) is 0 Å². The first kappa shape index (κ1) is 20.6. The fourth-order valence-corrected chi connectivity index (χ4v) is 2.55. The molecule has 11 heteroatoms. The molecule has 27 heavy (non-hydrogen) atoms. The van der Waals surface area contributed by atoms with Gasteiger partial charge in [0.2, 0.25) is 29.5 Å². The van der Waals surface area contributed by atoms with Crippen molar-refractivity contribution in [2.24, 2.45) is 5.92 Å². The Labute approximate surface area is 156 Å². The van der Waals surface area contributed by atoms with E-state index in [9.17, 15) is 24.0 Å². The number of amides is 5. The molecular formula is C16H25N5O6. The number of hydrogen-bond donors (Lipinski definition) is 5. The van der Waals surface area contributed by atoms with Crippen LogP contribution in [-0.2, 0) is 28.7 Å². The van der Waals surface area contributed by atoms with Crippen molar-refractivity contribution >= 4 is 29.5 Å². The molecule has 2 rings (SSSR count). The number of carbonyl (C=O) groups excluding carboxylic acids is 5. The molecule has 0 aromatic carbocycles. The SMILES string of the molecule is O=C1CCNC(=O)C(C2COC2)NC(=O)CNC(=O)CCC(=O)NCCN1. The molecule has 0 spiro atoms. The van der Waals surface area contributed by atoms with Gasteiger partial charge in [-0.25, -0.2) is 0 Å². The lowest BCUT2D eigenvalue weighted by molar-refractivity contribution is -0.136. The van der Waals surface area contributed by atoms with E-state index < -0.39 is 23.8 Å². The molecule has 5 N–H and O–H groups in total. The van der Waals surface area contributed by atoms with Crippen LogP contribution in [0.3, 0.4) is 0 Å². The first-order chi connectivity index (χ1) is 13.0. The third-order valence-electron chi connectivity index (χ3n) is 4.18. The summed E-state index contributed by atoms with van der Waals surface area (Å²) < 4.78 is 5.08. The zero-order valence-corrected chi connectivity index (χ0v) is 15.0. The summed E-state index contributed by atoms with van der Waals surface area (Å²) >= 11 is 0. The zero-order chi connectivity index (χ0) is 19.6. The predicted molar refractivity (Wildman–Crippen MR) is 92.1 cm³/mol. The quantitative estimate of drug-likeness (QED) is 0.321. The van der Waals surface area contributed by atoms with Gasteiger partial charge in [-0.2, -0.15) is 0 Å². The van der Waals surface area contributed by atoms with Gasteiger partial charge in [-0.3, -0.25) is 24.0 Å². The fraction of sp³-hybridized carbons (Fsp3) is 0.688. The van der Waals surface area contributed by atoms with Crippen LogP contribution < -0.4 is 26.6 Å². The van der Waals surface area contributed by atoms with Gasteiger partial charge < -0.3 is 31.3 Å². The maximum Gasteiger partial charge on any atom is 0.243 e. The molecule has 2 aliphatic heterocycles. The highest BCUT2D eigenvalue weighted by Gasteiger charge is 2.34. The second kappa shape index (κ2) is 10.5. The third kappa shape index (κ3) is 7.21. The van der Waals surface area contributed by atoms with Crippen LogP contribution in [0.5, 0.6) is 0 Å². The van der Waals surface area contributed by atoms with E-state index in [1.807, 2.05) is 0 Å². The van der Waals surface area contributed by atoms with Crippen molar-refractivity contribution in [3.05, 3.63) is 0 Å². The lowest BCUT2D eigenvalue weighted by Gasteiger charge is -2.33. The molecule has 2 saturated heterocycles. The molecule has 0 radical (unpaired) electrons. The van der Waals surface area contributed by atoms with Crippen molar-refractivity contribution in [2.45, 2.75) is 25.3 Å². The summed E-state index contributed by atoms with van der Waals surface area (Å²) in [4.78, 5) is 59.5. The minimum Gasteiger partial charge on any atom is -0.380 e. The molecule has 2 aliphatic rings. The van der Waals surface area contributed by atoms with Gasteiger partial charge in [0.25, 0.3) is 0 Å². The van der Waals surface area contributed by atoms with Gasteiger partial charge in [-0.1, -0.05) is 0 Å². The predicted octanol–water partition coefficient (Wildman–Crippen LogP) is -3.23. The third-order valence-corrected chi connectivity index (χ3v) is 4.18. The van der Waals surface area contributed by atoms with E-state index in [2.05, 4.69) is 26.6 Å². The molecule has 1 unspecified atom stereocenters. The van der Waals surface area contributed by atoms with Crippen LogP contribution in [0.2, 0.25) is 0 Å². The Balaban J connectivity index is 1.95. The highest BCUT2D eigenvalue weighted by molar-refractivity contribution is 5.91. The monoisotopic (exact) mass is 383 g/mol. The summed E-state index contributed by atoms with van der Waals surface area (Å²) in [5, 5.41) is 12.8. The molecule has 0 aromatic rings. The van der Waals surface area contributed by atoms with Crippen LogP contribution in [0, 0.1) is 5.92 Å². The largest absolute Gasteiger partial charge is 0.380 e. The molecular weight excluding hydrogens is 358 g/mol. The lowest BCUT2D eigenvalue weighted by Crippen LogP contribution is -2.57. The van der Waals surface area contributed by atoms with Crippen LogP contribution in [0.25, 0.3) is 0 Å². The molecule has 0 saturated carbocycles. The van der Waals surface area contributed by atoms with Gasteiger partial charge in [-0.05, 0) is 0 Å². The molecule has 0 bridgehead atoms. The Morgan fingerprint density at radius 2 is 1.26 bits per heavy atom. The van der Waals surface area contributed by atoms with Crippen molar-refractivity contribution in [1.82, 2.24) is 26.6 Å². The van der Waals surface area contributed by atoms with E-state index in [0.29, 0.717) is 13.2 Å². The van der Waals surface area contributed by atoms with Crippen LogP contribution in [0.15, 0.2) is 0 Å². The molecule has 150 valence electrons. The molecule has 11 nitrogen and oxygen atoms in total. The zero-order valence-electron chi connectivity index (χ0n) is 15.0. The van der Waals surface area contributed by atoms with Gasteiger partial charge in [-0.15, -0.1) is 0 Å². The summed E-state index contributed by atoms with van der Waals surface area (Å²) in [6.45, 7) is 1.02. The van der Waals surface area contributed by atoms with Gasteiger partial charge >= 0.3 is 0 Å².